The Bertz CT molecular complexity index is 646. The molecule has 0 fully saturated rings. The summed E-state index contributed by atoms with van der Waals surface area (Å²) in [5.74, 6) is -1.36. The highest BCUT2D eigenvalue weighted by molar-refractivity contribution is 6.03. The van der Waals surface area contributed by atoms with Crippen LogP contribution in [0.1, 0.15) is 33.2 Å². The van der Waals surface area contributed by atoms with Crippen LogP contribution < -0.4 is 4.74 Å². The molecule has 4 nitrogen and oxygen atoms in total. The monoisotopic (exact) mass is 270 g/mol. The quantitative estimate of drug-likeness (QED) is 0.684. The van der Waals surface area contributed by atoms with Gasteiger partial charge in [0.05, 0.1) is 11.1 Å². The van der Waals surface area contributed by atoms with Gasteiger partial charge in [-0.05, 0) is 30.2 Å². The molecule has 0 aromatic heterocycles. The van der Waals surface area contributed by atoms with E-state index >= 15 is 0 Å². The van der Waals surface area contributed by atoms with Crippen molar-refractivity contribution in [1.29, 1.82) is 0 Å². The molecular formula is C16H14O4. The Kier molecular flexibility index (Phi) is 4.15. The Morgan fingerprint density at radius 1 is 1.00 bits per heavy atom. The van der Waals surface area contributed by atoms with Crippen LogP contribution in [-0.4, -0.2) is 17.0 Å². The minimum Gasteiger partial charge on any atom is -0.478 e. The average molecular weight is 270 g/mol. The third kappa shape index (κ3) is 2.85. The minimum atomic E-state index is -1.15. The van der Waals surface area contributed by atoms with Crippen molar-refractivity contribution in [1.82, 2.24) is 0 Å². The first-order valence-electron chi connectivity index (χ1n) is 6.26. The molecule has 0 saturated carbocycles. The van der Waals surface area contributed by atoms with Crippen molar-refractivity contribution in [3.05, 3.63) is 65.2 Å². The number of hydrogen-bond acceptors (Lipinski definition) is 3. The van der Waals surface area contributed by atoms with Gasteiger partial charge in [-0.2, -0.15) is 0 Å². The lowest BCUT2D eigenvalue weighted by Gasteiger charge is -2.09. The highest BCUT2D eigenvalue weighted by Gasteiger charge is 2.18. The van der Waals surface area contributed by atoms with Crippen LogP contribution in [0.4, 0.5) is 0 Å². The number of rotatable bonds is 4. The number of para-hydroxylation sites is 1. The molecule has 2 aromatic carbocycles. The number of hydrogen-bond donors (Lipinski definition) is 1. The number of carbonyl (C=O) groups is 2. The third-order valence-corrected chi connectivity index (χ3v) is 2.93. The van der Waals surface area contributed by atoms with Crippen molar-refractivity contribution in [2.24, 2.45) is 0 Å². The highest BCUT2D eigenvalue weighted by Crippen LogP contribution is 2.20. The first-order valence-corrected chi connectivity index (χ1v) is 6.26. The fourth-order valence-electron chi connectivity index (χ4n) is 1.90. The van der Waals surface area contributed by atoms with Crippen molar-refractivity contribution in [2.75, 3.05) is 0 Å². The lowest BCUT2D eigenvalue weighted by atomic mass is 10.1. The molecule has 0 aliphatic heterocycles. The number of aromatic carboxylic acids is 1. The molecule has 1 N–H and O–H groups in total. The van der Waals surface area contributed by atoms with Crippen molar-refractivity contribution in [3.8, 4) is 5.75 Å². The second kappa shape index (κ2) is 6.02. The van der Waals surface area contributed by atoms with Gasteiger partial charge in [-0.15, -0.1) is 0 Å². The van der Waals surface area contributed by atoms with E-state index in [-0.39, 0.29) is 11.1 Å². The van der Waals surface area contributed by atoms with Crippen molar-refractivity contribution < 1.29 is 19.4 Å². The van der Waals surface area contributed by atoms with E-state index in [1.807, 2.05) is 19.1 Å². The number of benzene rings is 2. The van der Waals surface area contributed by atoms with E-state index in [9.17, 15) is 9.59 Å². The third-order valence-electron chi connectivity index (χ3n) is 2.93. The summed E-state index contributed by atoms with van der Waals surface area (Å²) in [6.07, 6.45) is 0.726. The molecule has 20 heavy (non-hydrogen) atoms. The second-order valence-corrected chi connectivity index (χ2v) is 4.20. The second-order valence-electron chi connectivity index (χ2n) is 4.20. The molecular weight excluding hydrogens is 256 g/mol. The normalized spacial score (nSPS) is 10.1. The highest BCUT2D eigenvalue weighted by atomic mass is 16.5. The fraction of sp³-hybridized carbons (Fsp3) is 0.125. The molecule has 0 spiro atoms. The summed E-state index contributed by atoms with van der Waals surface area (Å²) in [5, 5.41) is 9.07. The van der Waals surface area contributed by atoms with E-state index < -0.39 is 11.9 Å². The maximum atomic E-state index is 12.1. The zero-order chi connectivity index (χ0) is 14.5. The predicted octanol–water partition coefficient (Wildman–Crippen LogP) is 3.17. The number of aryl methyl sites for hydroxylation is 1. The topological polar surface area (TPSA) is 63.6 Å². The Morgan fingerprint density at radius 3 is 2.25 bits per heavy atom. The largest absolute Gasteiger partial charge is 0.478 e. The van der Waals surface area contributed by atoms with Crippen LogP contribution in [0, 0.1) is 0 Å². The zero-order valence-corrected chi connectivity index (χ0v) is 11.0. The molecule has 0 saturated heterocycles. The van der Waals surface area contributed by atoms with Crippen LogP contribution in [0.15, 0.2) is 48.5 Å². The van der Waals surface area contributed by atoms with E-state index in [0.717, 1.165) is 12.0 Å². The van der Waals surface area contributed by atoms with Crippen molar-refractivity contribution >= 4 is 11.9 Å². The van der Waals surface area contributed by atoms with Crippen molar-refractivity contribution in [3.63, 3.8) is 0 Å². The predicted molar refractivity (Wildman–Crippen MR) is 74.2 cm³/mol. The first-order chi connectivity index (χ1) is 9.63. The number of carbonyl (C=O) groups excluding carboxylic acids is 1. The SMILES string of the molecule is CCc1ccccc1OC(=O)c1ccccc1C(=O)O. The summed E-state index contributed by atoms with van der Waals surface area (Å²) < 4.78 is 5.31. The molecule has 2 rings (SSSR count). The lowest BCUT2D eigenvalue weighted by molar-refractivity contribution is 0.0667. The Balaban J connectivity index is 2.31. The van der Waals surface area contributed by atoms with Crippen LogP contribution in [0.5, 0.6) is 5.75 Å². The van der Waals surface area contributed by atoms with E-state index in [4.69, 9.17) is 9.84 Å². The van der Waals surface area contributed by atoms with Gasteiger partial charge in [0.15, 0.2) is 0 Å². The molecule has 0 bridgehead atoms. The smallest absolute Gasteiger partial charge is 0.344 e. The van der Waals surface area contributed by atoms with E-state index in [1.165, 1.54) is 12.1 Å². The number of ether oxygens (including phenoxy) is 1. The van der Waals surface area contributed by atoms with Gasteiger partial charge in [-0.1, -0.05) is 37.3 Å². The van der Waals surface area contributed by atoms with Gasteiger partial charge in [0.2, 0.25) is 0 Å². The first kappa shape index (κ1) is 13.8. The summed E-state index contributed by atoms with van der Waals surface area (Å²) in [6, 6.07) is 13.2. The maximum Gasteiger partial charge on any atom is 0.344 e. The van der Waals surface area contributed by atoms with Gasteiger partial charge in [-0.25, -0.2) is 9.59 Å². The van der Waals surface area contributed by atoms with Crippen LogP contribution in [0.3, 0.4) is 0 Å². The fourth-order valence-corrected chi connectivity index (χ4v) is 1.90. The summed E-state index contributed by atoms with van der Waals surface area (Å²) in [6.45, 7) is 1.96. The zero-order valence-electron chi connectivity index (χ0n) is 11.0. The molecule has 0 radical (unpaired) electrons. The van der Waals surface area contributed by atoms with E-state index in [2.05, 4.69) is 0 Å². The summed E-state index contributed by atoms with van der Waals surface area (Å²) in [4.78, 5) is 23.2. The van der Waals surface area contributed by atoms with Gasteiger partial charge in [-0.3, -0.25) is 0 Å². The molecule has 0 atom stereocenters. The maximum absolute atomic E-state index is 12.1. The summed E-state index contributed by atoms with van der Waals surface area (Å²) >= 11 is 0. The molecule has 4 heteroatoms. The van der Waals surface area contributed by atoms with Crippen molar-refractivity contribution in [2.45, 2.75) is 13.3 Å². The molecule has 0 amide bonds. The number of esters is 1. The summed E-state index contributed by atoms with van der Waals surface area (Å²) in [5.41, 5.74) is 0.881. The van der Waals surface area contributed by atoms with Crippen LogP contribution in [0.25, 0.3) is 0 Å². The van der Waals surface area contributed by atoms with Gasteiger partial charge in [0.1, 0.15) is 5.75 Å². The summed E-state index contributed by atoms with van der Waals surface area (Å²) in [7, 11) is 0. The standard InChI is InChI=1S/C16H14O4/c1-2-11-7-3-6-10-14(11)20-16(19)13-9-5-4-8-12(13)15(17)18/h3-10H,2H2,1H3,(H,17,18). The van der Waals surface area contributed by atoms with Gasteiger partial charge in [0.25, 0.3) is 0 Å². The minimum absolute atomic E-state index is 0.0471. The molecule has 0 aliphatic rings. The van der Waals surface area contributed by atoms with Gasteiger partial charge >= 0.3 is 11.9 Å². The number of carboxylic acid groups (broad SMARTS) is 1. The van der Waals surface area contributed by atoms with Crippen LogP contribution in [0.2, 0.25) is 0 Å². The Morgan fingerprint density at radius 2 is 1.60 bits per heavy atom. The molecule has 0 aliphatic carbocycles. The lowest BCUT2D eigenvalue weighted by Crippen LogP contribution is -2.14. The molecule has 102 valence electrons. The Hall–Kier alpha value is -2.62. The van der Waals surface area contributed by atoms with E-state index in [1.54, 1.807) is 24.3 Å². The molecule has 0 unspecified atom stereocenters. The van der Waals surface area contributed by atoms with Crippen LogP contribution >= 0.6 is 0 Å². The Labute approximate surface area is 116 Å². The van der Waals surface area contributed by atoms with Gasteiger partial charge in [0, 0.05) is 0 Å². The molecule has 0 heterocycles. The van der Waals surface area contributed by atoms with E-state index in [0.29, 0.717) is 5.75 Å². The number of carboxylic acids is 1. The van der Waals surface area contributed by atoms with Gasteiger partial charge < -0.3 is 9.84 Å². The average Bonchev–Trinajstić information content (AvgIpc) is 2.47. The molecule has 2 aromatic rings. The van der Waals surface area contributed by atoms with Crippen LogP contribution in [-0.2, 0) is 6.42 Å².